The van der Waals surface area contributed by atoms with Gasteiger partial charge in [-0.15, -0.1) is 0 Å². The number of fused-ring (bicyclic) bond motifs is 1. The molecule has 7 nitrogen and oxygen atoms in total. The van der Waals surface area contributed by atoms with Crippen LogP contribution in [0.2, 0.25) is 0 Å². The van der Waals surface area contributed by atoms with Crippen LogP contribution in [0, 0.1) is 0 Å². The molecule has 2 unspecified atom stereocenters. The van der Waals surface area contributed by atoms with Gasteiger partial charge in [0.1, 0.15) is 0 Å². The van der Waals surface area contributed by atoms with E-state index in [2.05, 4.69) is 10.2 Å². The van der Waals surface area contributed by atoms with Crippen LogP contribution in [0.4, 0.5) is 0 Å². The van der Waals surface area contributed by atoms with Crippen molar-refractivity contribution in [2.24, 2.45) is 7.05 Å². The fraction of sp³-hybridized carbons (Fsp3) is 0.500. The number of nitrogens with zero attached hydrogens (tertiary/aromatic N) is 2. The Labute approximate surface area is 164 Å². The van der Waals surface area contributed by atoms with Gasteiger partial charge in [-0.05, 0) is 32.0 Å². The number of carbonyl (C=O) groups is 1. The van der Waals surface area contributed by atoms with Crippen molar-refractivity contribution in [2.75, 3.05) is 24.6 Å². The molecule has 1 amide bonds. The average Bonchev–Trinajstić information content (AvgIpc) is 2.99. The van der Waals surface area contributed by atoms with E-state index in [9.17, 15) is 18.0 Å². The summed E-state index contributed by atoms with van der Waals surface area (Å²) in [5.41, 5.74) is 0.697. The molecule has 3 heterocycles. The molecule has 2 saturated heterocycles. The van der Waals surface area contributed by atoms with Crippen LogP contribution in [0.1, 0.15) is 29.6 Å². The highest BCUT2D eigenvalue weighted by Gasteiger charge is 2.42. The number of aromatic nitrogens is 1. The van der Waals surface area contributed by atoms with Crippen LogP contribution in [0.3, 0.4) is 0 Å². The van der Waals surface area contributed by atoms with Crippen molar-refractivity contribution in [2.45, 2.75) is 31.3 Å². The predicted octanol–water partition coefficient (Wildman–Crippen LogP) is 0.920. The van der Waals surface area contributed by atoms with Gasteiger partial charge in [-0.1, -0.05) is 24.6 Å². The Hall–Kier alpha value is -2.19. The van der Waals surface area contributed by atoms with Gasteiger partial charge in [-0.2, -0.15) is 0 Å². The van der Waals surface area contributed by atoms with Crippen molar-refractivity contribution in [3.05, 3.63) is 46.2 Å². The van der Waals surface area contributed by atoms with Gasteiger partial charge < -0.3 is 9.88 Å². The first kappa shape index (κ1) is 19.1. The van der Waals surface area contributed by atoms with Crippen LogP contribution in [-0.4, -0.2) is 60.5 Å². The number of amides is 1. The van der Waals surface area contributed by atoms with Crippen molar-refractivity contribution in [3.8, 4) is 0 Å². The van der Waals surface area contributed by atoms with Crippen LogP contribution < -0.4 is 10.9 Å². The number of rotatable bonds is 3. The molecular weight excluding hydrogens is 378 g/mol. The number of sulfone groups is 1. The standard InChI is InChI=1S/C20H25N3O4S/c1-22-17-8-4-3-7-14(17)15(11-19(22)24)20(25)21-16-12-28(26,27)13-18(16)23-9-5-2-6-10-23/h3-4,7-8,11,16,18H,2,5-6,9-10,12-13H2,1H3,(H,21,25). The third kappa shape index (κ3) is 3.58. The number of piperidine rings is 1. The van der Waals surface area contributed by atoms with E-state index in [1.807, 2.05) is 12.1 Å². The monoisotopic (exact) mass is 403 g/mol. The SMILES string of the molecule is Cn1c(=O)cc(C(=O)NC2CS(=O)(=O)CC2N2CCCCC2)c2ccccc21. The quantitative estimate of drug-likeness (QED) is 0.823. The zero-order valence-corrected chi connectivity index (χ0v) is 16.7. The third-order valence-corrected chi connectivity index (χ3v) is 7.61. The van der Waals surface area contributed by atoms with E-state index >= 15 is 0 Å². The topological polar surface area (TPSA) is 88.5 Å². The number of likely N-dealkylation sites (tertiary alicyclic amines) is 1. The lowest BCUT2D eigenvalue weighted by molar-refractivity contribution is 0.0901. The molecule has 150 valence electrons. The smallest absolute Gasteiger partial charge is 0.252 e. The van der Waals surface area contributed by atoms with E-state index in [0.717, 1.165) is 32.4 Å². The van der Waals surface area contributed by atoms with Gasteiger partial charge in [-0.25, -0.2) is 8.42 Å². The minimum Gasteiger partial charge on any atom is -0.347 e. The molecule has 0 saturated carbocycles. The molecule has 1 aromatic heterocycles. The van der Waals surface area contributed by atoms with E-state index in [4.69, 9.17) is 0 Å². The Morgan fingerprint density at radius 1 is 1.11 bits per heavy atom. The molecule has 4 rings (SSSR count). The van der Waals surface area contributed by atoms with E-state index < -0.39 is 21.8 Å². The van der Waals surface area contributed by atoms with Gasteiger partial charge >= 0.3 is 0 Å². The van der Waals surface area contributed by atoms with E-state index in [1.54, 1.807) is 19.2 Å². The van der Waals surface area contributed by atoms with E-state index in [1.165, 1.54) is 10.6 Å². The van der Waals surface area contributed by atoms with Gasteiger partial charge in [-0.3, -0.25) is 14.5 Å². The minimum absolute atomic E-state index is 0.0529. The van der Waals surface area contributed by atoms with Gasteiger partial charge in [0.25, 0.3) is 11.5 Å². The number of hydrogen-bond acceptors (Lipinski definition) is 5. The molecule has 2 aliphatic heterocycles. The zero-order chi connectivity index (χ0) is 19.9. The van der Waals surface area contributed by atoms with Crippen molar-refractivity contribution in [1.82, 2.24) is 14.8 Å². The molecule has 28 heavy (non-hydrogen) atoms. The summed E-state index contributed by atoms with van der Waals surface area (Å²) in [7, 11) is -1.53. The van der Waals surface area contributed by atoms with Crippen LogP contribution in [0.25, 0.3) is 10.9 Å². The summed E-state index contributed by atoms with van der Waals surface area (Å²) in [5.74, 6) is -0.365. The van der Waals surface area contributed by atoms with Gasteiger partial charge in [0, 0.05) is 24.5 Å². The second kappa shape index (κ2) is 7.33. The van der Waals surface area contributed by atoms with Gasteiger partial charge in [0.05, 0.1) is 28.6 Å². The normalized spacial score (nSPS) is 25.0. The maximum Gasteiger partial charge on any atom is 0.252 e. The predicted molar refractivity (Wildman–Crippen MR) is 108 cm³/mol. The largest absolute Gasteiger partial charge is 0.347 e. The first-order chi connectivity index (χ1) is 13.4. The molecular formula is C20H25N3O4S. The molecule has 1 aromatic carbocycles. The fourth-order valence-electron chi connectivity index (χ4n) is 4.42. The maximum atomic E-state index is 13.0. The lowest BCUT2D eigenvalue weighted by Crippen LogP contribution is -2.52. The molecule has 2 aliphatic rings. The number of hydrogen-bond donors (Lipinski definition) is 1. The zero-order valence-electron chi connectivity index (χ0n) is 15.9. The Bertz CT molecular complexity index is 1070. The number of benzene rings is 1. The van der Waals surface area contributed by atoms with Gasteiger partial charge in [0.2, 0.25) is 0 Å². The summed E-state index contributed by atoms with van der Waals surface area (Å²) in [6.45, 7) is 1.72. The van der Waals surface area contributed by atoms with Crippen LogP contribution in [0.15, 0.2) is 35.1 Å². The van der Waals surface area contributed by atoms with E-state index in [0.29, 0.717) is 16.5 Å². The summed E-state index contributed by atoms with van der Waals surface area (Å²) in [6, 6.07) is 7.91. The molecule has 8 heteroatoms. The lowest BCUT2D eigenvalue weighted by atomic mass is 10.0. The van der Waals surface area contributed by atoms with Crippen LogP contribution >= 0.6 is 0 Å². The average molecular weight is 404 g/mol. The highest BCUT2D eigenvalue weighted by atomic mass is 32.2. The molecule has 0 aliphatic carbocycles. The molecule has 1 N–H and O–H groups in total. The number of para-hydroxylation sites is 1. The fourth-order valence-corrected chi connectivity index (χ4v) is 6.37. The summed E-state index contributed by atoms with van der Waals surface area (Å²) < 4.78 is 26.1. The Balaban J connectivity index is 1.65. The third-order valence-electron chi connectivity index (χ3n) is 5.90. The number of aryl methyl sites for hydroxylation is 1. The van der Waals surface area contributed by atoms with Crippen molar-refractivity contribution in [1.29, 1.82) is 0 Å². The summed E-state index contributed by atoms with van der Waals surface area (Å²) in [5, 5.41) is 3.61. The highest BCUT2D eigenvalue weighted by Crippen LogP contribution is 2.23. The summed E-state index contributed by atoms with van der Waals surface area (Å²) in [4.78, 5) is 27.5. The van der Waals surface area contributed by atoms with Gasteiger partial charge in [0.15, 0.2) is 9.84 Å². The molecule has 2 atom stereocenters. The number of carbonyl (C=O) groups excluding carboxylic acids is 1. The Kier molecular flexibility index (Phi) is 5.01. The lowest BCUT2D eigenvalue weighted by Gasteiger charge is -2.35. The second-order valence-corrected chi connectivity index (χ2v) is 9.95. The molecule has 0 spiro atoms. The van der Waals surface area contributed by atoms with E-state index in [-0.39, 0.29) is 23.1 Å². The first-order valence-electron chi connectivity index (χ1n) is 9.70. The van der Waals surface area contributed by atoms with Crippen molar-refractivity contribution in [3.63, 3.8) is 0 Å². The summed E-state index contributed by atoms with van der Waals surface area (Å²) >= 11 is 0. The molecule has 0 bridgehead atoms. The van der Waals surface area contributed by atoms with Crippen molar-refractivity contribution >= 4 is 26.6 Å². The van der Waals surface area contributed by atoms with Crippen LogP contribution in [0.5, 0.6) is 0 Å². The molecule has 2 aromatic rings. The Morgan fingerprint density at radius 3 is 2.57 bits per heavy atom. The number of pyridine rings is 1. The Morgan fingerprint density at radius 2 is 1.82 bits per heavy atom. The summed E-state index contributed by atoms with van der Waals surface area (Å²) in [6.07, 6.45) is 3.26. The first-order valence-corrected chi connectivity index (χ1v) is 11.5. The maximum absolute atomic E-state index is 13.0. The second-order valence-electron chi connectivity index (χ2n) is 7.79. The van der Waals surface area contributed by atoms with Crippen LogP contribution in [-0.2, 0) is 16.9 Å². The molecule has 2 fully saturated rings. The highest BCUT2D eigenvalue weighted by molar-refractivity contribution is 7.91. The molecule has 0 radical (unpaired) electrons. The number of nitrogens with one attached hydrogen (secondary N) is 1. The minimum atomic E-state index is -3.20. The van der Waals surface area contributed by atoms with Crippen molar-refractivity contribution < 1.29 is 13.2 Å².